The highest BCUT2D eigenvalue weighted by Crippen LogP contribution is 2.36. The quantitative estimate of drug-likeness (QED) is 0.0493. The summed E-state index contributed by atoms with van der Waals surface area (Å²) in [5.41, 5.74) is 6.43. The molecule has 32 heteroatoms. The van der Waals surface area contributed by atoms with Crippen LogP contribution < -0.4 is 58.3 Å². The molecule has 16 N–H and O–H groups in total. The number of nitrogens with one attached hydrogen (secondary N) is 10. The number of amides is 11. The summed E-state index contributed by atoms with van der Waals surface area (Å²) in [5.74, 6) is -12.9. The molecule has 1 unspecified atom stereocenters. The molecule has 0 saturated carbocycles. The number of aliphatic hydroxyl groups excluding tert-OH is 3. The number of carbonyl (C=O) groups is 12. The van der Waals surface area contributed by atoms with E-state index in [4.69, 9.17) is 15.6 Å². The largest absolute Gasteiger partial charge is 0.496 e. The van der Waals surface area contributed by atoms with Gasteiger partial charge in [0.2, 0.25) is 65.0 Å². The number of hydrogen-bond acceptors (Lipinski definition) is 18. The zero-order chi connectivity index (χ0) is 62.7. The van der Waals surface area contributed by atoms with E-state index >= 15 is 4.21 Å². The fourth-order valence-electron chi connectivity index (χ4n) is 9.80. The minimum absolute atomic E-state index is 0.0816. The van der Waals surface area contributed by atoms with Crippen molar-refractivity contribution in [2.45, 2.75) is 144 Å². The number of nitrogens with zero attached hydrogens (tertiary/aromatic N) is 1. The van der Waals surface area contributed by atoms with Crippen LogP contribution in [0.5, 0.6) is 5.75 Å². The van der Waals surface area contributed by atoms with Crippen LogP contribution in [-0.4, -0.2) is 212 Å². The van der Waals surface area contributed by atoms with Gasteiger partial charge >= 0.3 is 5.97 Å². The van der Waals surface area contributed by atoms with Gasteiger partial charge in [-0.2, -0.15) is 11.8 Å². The average Bonchev–Trinajstić information content (AvgIpc) is 1.87. The van der Waals surface area contributed by atoms with Gasteiger partial charge in [0, 0.05) is 73.7 Å². The summed E-state index contributed by atoms with van der Waals surface area (Å²) in [6.07, 6.45) is -3.08. The number of aliphatic hydroxyl groups is 3. The lowest BCUT2D eigenvalue weighted by molar-refractivity contribution is -0.144. The van der Waals surface area contributed by atoms with Crippen LogP contribution in [-0.2, 0) is 80.5 Å². The lowest BCUT2D eigenvalue weighted by atomic mass is 9.93. The van der Waals surface area contributed by atoms with Gasteiger partial charge in [0.25, 0.3) is 0 Å². The maximum absolute atomic E-state index is 15.3. The van der Waals surface area contributed by atoms with E-state index in [2.05, 4.69) is 52.8 Å². The van der Waals surface area contributed by atoms with Crippen LogP contribution in [0.2, 0.25) is 0 Å². The molecule has 470 valence electrons. The van der Waals surface area contributed by atoms with Gasteiger partial charge in [0.05, 0.1) is 73.9 Å². The molecular weight excluding hydrogens is 1160 g/mol. The molecule has 2 bridgehead atoms. The van der Waals surface area contributed by atoms with Crippen LogP contribution in [0.4, 0.5) is 0 Å². The number of carboxylic acids is 1. The Morgan fingerprint density at radius 2 is 1.51 bits per heavy atom. The van der Waals surface area contributed by atoms with Gasteiger partial charge in [-0.1, -0.05) is 33.6 Å². The van der Waals surface area contributed by atoms with Crippen molar-refractivity contribution in [3.63, 3.8) is 0 Å². The molecule has 1 aromatic carbocycles. The number of aromatic amines is 1. The van der Waals surface area contributed by atoms with Gasteiger partial charge in [-0.15, -0.1) is 0 Å². The second-order valence-electron chi connectivity index (χ2n) is 21.0. The molecule has 2 aromatic rings. The number of fused-ring (bicyclic) bond motifs is 5. The first-order valence-corrected chi connectivity index (χ1v) is 30.4. The zero-order valence-electron chi connectivity index (χ0n) is 47.7. The molecule has 1 fully saturated rings. The number of carboxylic acid groups (broad SMARTS) is 1. The molecule has 1 aromatic heterocycles. The van der Waals surface area contributed by atoms with Crippen molar-refractivity contribution in [3.8, 4) is 5.75 Å². The Morgan fingerprint density at radius 1 is 0.824 bits per heavy atom. The van der Waals surface area contributed by atoms with E-state index in [1.807, 2.05) is 0 Å². The van der Waals surface area contributed by atoms with E-state index in [0.29, 0.717) is 54.7 Å². The Kier molecular flexibility index (Phi) is 26.3. The molecule has 0 radical (unpaired) electrons. The minimum atomic E-state index is -2.47. The molecule has 0 spiro atoms. The third-order valence-electron chi connectivity index (χ3n) is 14.8. The summed E-state index contributed by atoms with van der Waals surface area (Å²) in [5, 5.41) is 63.6. The predicted molar refractivity (Wildman–Crippen MR) is 305 cm³/mol. The Balaban J connectivity index is 1.60. The van der Waals surface area contributed by atoms with E-state index in [0.717, 1.165) is 4.90 Å². The number of aliphatic carboxylic acids is 1. The Bertz CT molecular complexity index is 2840. The monoisotopic (exact) mass is 1230 g/mol. The second kappa shape index (κ2) is 32.7. The van der Waals surface area contributed by atoms with Crippen molar-refractivity contribution in [3.05, 3.63) is 23.3 Å². The van der Waals surface area contributed by atoms with Crippen LogP contribution in [0.25, 0.3) is 10.9 Å². The number of aromatic nitrogens is 1. The minimum Gasteiger partial charge on any atom is -0.496 e. The van der Waals surface area contributed by atoms with E-state index in [1.165, 1.54) is 25.8 Å². The number of H-pyrrole nitrogens is 1. The molecule has 3 aliphatic rings. The van der Waals surface area contributed by atoms with Crippen LogP contribution >= 0.6 is 11.8 Å². The first-order valence-electron chi connectivity index (χ1n) is 27.9. The first-order chi connectivity index (χ1) is 40.4. The molecule has 4 heterocycles. The van der Waals surface area contributed by atoms with Gasteiger partial charge in [0.1, 0.15) is 47.0 Å². The van der Waals surface area contributed by atoms with Crippen molar-refractivity contribution < 1.29 is 86.9 Å². The summed E-state index contributed by atoms with van der Waals surface area (Å²) in [4.78, 5) is 166. The Morgan fingerprint density at radius 3 is 2.18 bits per heavy atom. The van der Waals surface area contributed by atoms with Crippen LogP contribution in [0.1, 0.15) is 89.7 Å². The number of benzene rings is 1. The van der Waals surface area contributed by atoms with Crippen molar-refractivity contribution in [1.82, 2.24) is 57.7 Å². The normalized spacial score (nSPS) is 24.2. The number of methoxy groups -OCH3 is 1. The Labute approximate surface area is 496 Å². The number of hydrogen-bond donors (Lipinski definition) is 15. The summed E-state index contributed by atoms with van der Waals surface area (Å²) in [6, 6.07) is -7.09. The fraction of sp³-hybridized carbons (Fsp3) is 0.623. The smallest absolute Gasteiger partial charge is 0.303 e. The fourth-order valence-corrected chi connectivity index (χ4v) is 12.1. The number of unbranched alkanes of at least 4 members (excludes halogenated alkanes) is 2. The maximum atomic E-state index is 15.3. The molecule has 5 rings (SSSR count). The second-order valence-corrected chi connectivity index (χ2v) is 23.6. The number of rotatable bonds is 22. The summed E-state index contributed by atoms with van der Waals surface area (Å²) < 4.78 is 21.0. The standard InChI is InChI=1S/C53H78N12O18S2/c1-5-26(2)44-50(79)58-20-41(72)59-34-25-85(82)52-30(29-10-11-37(83-4)31(46(29)64-52)24-84-16-15-56-39(70)9-7-6-8-14-55-40(71)12-13-43(74)75)18-32(47(76)57-21-42(73)62-44)60-51(80)45(27(3)36(68)23-66)63-49(78)35-17-28(67)22-65(35)53(81)33(19-38(54)69)61-48(34)77/h10-11,26-28,32-36,44-45,64,66-68H,5-9,12-25H2,1-4H3,(H2,54,69)(H,55,71)(H,56,70)(H,57,76)(H,58,79)(H,59,72)(H,60,80)(H,61,77)(H,62,73)(H,63,78)(H,74,75)/t26-,27-,28+,32-,33-,34-,35-,36-,44-,45-,85?/m0/s1. The summed E-state index contributed by atoms with van der Waals surface area (Å²) >= 11 is 1.36. The zero-order valence-corrected chi connectivity index (χ0v) is 49.3. The molecular formula is C53H78N12O18S2. The Hall–Kier alpha value is -7.42. The molecule has 30 nitrogen and oxygen atoms in total. The molecule has 3 aliphatic heterocycles. The number of nitrogens with two attached hydrogens (primary N) is 1. The summed E-state index contributed by atoms with van der Waals surface area (Å²) in [6.45, 7) is 2.19. The maximum Gasteiger partial charge on any atom is 0.303 e. The van der Waals surface area contributed by atoms with Crippen LogP contribution in [0.3, 0.4) is 0 Å². The van der Waals surface area contributed by atoms with Gasteiger partial charge in [-0.25, -0.2) is 0 Å². The van der Waals surface area contributed by atoms with Gasteiger partial charge in [-0.3, -0.25) is 61.7 Å². The molecule has 85 heavy (non-hydrogen) atoms. The average molecular weight is 1240 g/mol. The topological polar surface area (TPSA) is 465 Å². The molecule has 11 amide bonds. The third kappa shape index (κ3) is 19.6. The molecule has 11 atom stereocenters. The number of ether oxygens (including phenoxy) is 1. The van der Waals surface area contributed by atoms with E-state index in [-0.39, 0.29) is 59.5 Å². The van der Waals surface area contributed by atoms with Gasteiger partial charge < -0.3 is 88.6 Å². The predicted octanol–water partition coefficient (Wildman–Crippen LogP) is -4.73. The van der Waals surface area contributed by atoms with Crippen molar-refractivity contribution in [2.24, 2.45) is 17.6 Å². The summed E-state index contributed by atoms with van der Waals surface area (Å²) in [7, 11) is -1.07. The lowest BCUT2D eigenvalue weighted by Crippen LogP contribution is -2.62. The highest BCUT2D eigenvalue weighted by atomic mass is 32.2. The number of thioether (sulfide) groups is 1. The van der Waals surface area contributed by atoms with Crippen molar-refractivity contribution in [1.29, 1.82) is 0 Å². The van der Waals surface area contributed by atoms with Gasteiger partial charge in [0.15, 0.2) is 0 Å². The van der Waals surface area contributed by atoms with Crippen molar-refractivity contribution >= 4 is 104 Å². The van der Waals surface area contributed by atoms with Crippen molar-refractivity contribution in [2.75, 3.05) is 57.9 Å². The molecule has 0 aliphatic carbocycles. The van der Waals surface area contributed by atoms with E-state index in [1.54, 1.807) is 26.0 Å². The lowest BCUT2D eigenvalue weighted by Gasteiger charge is -2.32. The number of carbonyl (C=O) groups excluding carboxylic acids is 11. The van der Waals surface area contributed by atoms with Gasteiger partial charge in [-0.05, 0) is 36.5 Å². The van der Waals surface area contributed by atoms with Crippen LogP contribution in [0, 0.1) is 11.8 Å². The third-order valence-corrected chi connectivity index (χ3v) is 17.2. The highest BCUT2D eigenvalue weighted by molar-refractivity contribution is 7.98. The van der Waals surface area contributed by atoms with E-state index < -0.39 is 181 Å². The van der Waals surface area contributed by atoms with Crippen LogP contribution in [0.15, 0.2) is 17.2 Å². The molecule has 1 saturated heterocycles. The SMILES string of the molecule is CC[C@H](C)[C@@H]1NC(=O)CNC(=O)[C@@H]2Cc3c([nH]c4c(CSCCNC(=O)CCCCCNC(=O)CCC(=O)O)c(OC)ccc34)S(=O)C[C@H](NC(=O)CNC1=O)C(=O)N[C@@H](CC(N)=O)C(=O)N1C[C@H](O)C[C@H]1C(=O)N[C@@H]([C@@H](C)[C@@H](O)CO)C(=O)N2. The van der Waals surface area contributed by atoms with E-state index in [9.17, 15) is 72.9 Å². The number of primary amides is 1. The first kappa shape index (κ1) is 68.4. The highest BCUT2D eigenvalue weighted by Gasteiger charge is 2.45.